The molecule has 1 N–H and O–H groups in total. The Morgan fingerprint density at radius 3 is 2.68 bits per heavy atom. The van der Waals surface area contributed by atoms with Crippen LogP contribution in [-0.4, -0.2) is 21.1 Å². The van der Waals surface area contributed by atoms with Gasteiger partial charge in [-0.3, -0.25) is 0 Å². The molecule has 0 radical (unpaired) electrons. The van der Waals surface area contributed by atoms with Gasteiger partial charge in [0, 0.05) is 15.6 Å². The average molecular weight is 360 g/mol. The molecule has 2 aromatic rings. The number of oxime groups is 1. The van der Waals surface area contributed by atoms with Crippen molar-refractivity contribution in [3.63, 3.8) is 0 Å². The highest BCUT2D eigenvalue weighted by atomic mass is 79.9. The van der Waals surface area contributed by atoms with Crippen LogP contribution in [0.25, 0.3) is 11.3 Å². The molecule has 0 spiro atoms. The fourth-order valence-corrected chi connectivity index (χ4v) is 3.28. The first-order valence-corrected chi connectivity index (χ1v) is 8.34. The highest BCUT2D eigenvalue weighted by Crippen LogP contribution is 2.30. The van der Waals surface area contributed by atoms with E-state index in [2.05, 4.69) is 38.2 Å². The number of benzene rings is 1. The Kier molecular flexibility index (Phi) is 4.52. The first kappa shape index (κ1) is 15.2. The normalized spacial score (nSPS) is 19.2. The summed E-state index contributed by atoms with van der Waals surface area (Å²) in [4.78, 5) is 0. The predicted molar refractivity (Wildman–Crippen MR) is 90.2 cm³/mol. The Morgan fingerprint density at radius 1 is 1.23 bits per heavy atom. The van der Waals surface area contributed by atoms with Crippen LogP contribution >= 0.6 is 15.9 Å². The lowest BCUT2D eigenvalue weighted by Crippen LogP contribution is -2.22. The summed E-state index contributed by atoms with van der Waals surface area (Å²) in [6.07, 6.45) is 3.97. The topological polar surface area (TPSA) is 58.4 Å². The van der Waals surface area contributed by atoms with Crippen LogP contribution < -0.4 is 0 Å². The van der Waals surface area contributed by atoms with Crippen molar-refractivity contribution >= 4 is 21.6 Å². The molecule has 22 heavy (non-hydrogen) atoms. The molecule has 114 valence electrons. The van der Waals surface area contributed by atoms with Gasteiger partial charge in [-0.1, -0.05) is 46.6 Å². The van der Waals surface area contributed by atoms with Crippen molar-refractivity contribution in [1.82, 2.24) is 10.2 Å². The summed E-state index contributed by atoms with van der Waals surface area (Å²) in [6, 6.07) is 9.95. The zero-order valence-corrected chi connectivity index (χ0v) is 14.0. The fraction of sp³-hybridized carbons (Fsp3) is 0.353. The number of fused-ring (bicyclic) bond motifs is 1. The first-order chi connectivity index (χ1) is 10.7. The predicted octanol–water partition coefficient (Wildman–Crippen LogP) is 4.45. The van der Waals surface area contributed by atoms with E-state index < -0.39 is 0 Å². The maximum atomic E-state index is 9.36. The zero-order valence-electron chi connectivity index (χ0n) is 12.5. The van der Waals surface area contributed by atoms with Crippen LogP contribution in [0.3, 0.4) is 0 Å². The molecule has 0 aliphatic heterocycles. The molecular weight excluding hydrogens is 342 g/mol. The minimum absolute atomic E-state index is 0.497. The molecule has 0 saturated carbocycles. The van der Waals surface area contributed by atoms with E-state index in [9.17, 15) is 5.21 Å². The maximum Gasteiger partial charge on any atom is 0.0936 e. The third-order valence-corrected chi connectivity index (χ3v) is 4.63. The summed E-state index contributed by atoms with van der Waals surface area (Å²) in [7, 11) is 0. The van der Waals surface area contributed by atoms with Crippen LogP contribution in [-0.2, 0) is 6.42 Å². The summed E-state index contributed by atoms with van der Waals surface area (Å²) in [5.74, 6) is 0.497. The zero-order chi connectivity index (χ0) is 15.5. The molecule has 0 saturated heterocycles. The van der Waals surface area contributed by atoms with E-state index in [1.807, 2.05) is 30.3 Å². The van der Waals surface area contributed by atoms with E-state index >= 15 is 0 Å². The second-order valence-electron chi connectivity index (χ2n) is 5.71. The summed E-state index contributed by atoms with van der Waals surface area (Å²) in [5.41, 5.74) is 4.42. The average Bonchev–Trinajstić information content (AvgIpc) is 2.55. The molecule has 3 rings (SSSR count). The number of hydrogen-bond acceptors (Lipinski definition) is 4. The Bertz CT molecular complexity index is 698. The molecule has 1 aromatic carbocycles. The van der Waals surface area contributed by atoms with Gasteiger partial charge in [0.1, 0.15) is 0 Å². The molecule has 5 heteroatoms. The van der Waals surface area contributed by atoms with Crippen LogP contribution in [0.15, 0.2) is 40.0 Å². The van der Waals surface area contributed by atoms with Gasteiger partial charge < -0.3 is 5.21 Å². The summed E-state index contributed by atoms with van der Waals surface area (Å²) in [5, 5.41) is 21.6. The van der Waals surface area contributed by atoms with E-state index in [4.69, 9.17) is 0 Å². The van der Waals surface area contributed by atoms with Crippen LogP contribution in [0.4, 0.5) is 0 Å². The first-order valence-electron chi connectivity index (χ1n) is 7.55. The van der Waals surface area contributed by atoms with Crippen LogP contribution in [0.1, 0.15) is 37.4 Å². The van der Waals surface area contributed by atoms with E-state index in [1.54, 1.807) is 0 Å². The van der Waals surface area contributed by atoms with Crippen molar-refractivity contribution in [2.24, 2.45) is 11.1 Å². The van der Waals surface area contributed by atoms with Crippen molar-refractivity contribution in [3.8, 4) is 11.3 Å². The molecule has 0 unspecified atom stereocenters. The second kappa shape index (κ2) is 6.57. The van der Waals surface area contributed by atoms with Crippen molar-refractivity contribution < 1.29 is 5.21 Å². The number of hydrogen-bond donors (Lipinski definition) is 1. The molecule has 0 amide bonds. The molecule has 1 aliphatic rings. The van der Waals surface area contributed by atoms with Gasteiger partial charge in [-0.15, -0.1) is 0 Å². The van der Waals surface area contributed by atoms with Gasteiger partial charge in [-0.05, 0) is 43.4 Å². The molecule has 4 nitrogen and oxygen atoms in total. The van der Waals surface area contributed by atoms with Crippen molar-refractivity contribution in [3.05, 3.63) is 46.1 Å². The second-order valence-corrected chi connectivity index (χ2v) is 6.62. The highest BCUT2D eigenvalue weighted by Gasteiger charge is 2.25. The van der Waals surface area contributed by atoms with Gasteiger partial charge in [0.2, 0.25) is 0 Å². The Balaban J connectivity index is 1.98. The van der Waals surface area contributed by atoms with E-state index in [1.165, 1.54) is 0 Å². The lowest BCUT2D eigenvalue weighted by atomic mass is 9.83. The van der Waals surface area contributed by atoms with Gasteiger partial charge in [0.05, 0.1) is 17.1 Å². The maximum absolute atomic E-state index is 9.36. The third kappa shape index (κ3) is 3.04. The lowest BCUT2D eigenvalue weighted by Gasteiger charge is -2.24. The molecule has 1 heterocycles. The largest absolute Gasteiger partial charge is 0.411 e. The van der Waals surface area contributed by atoms with Gasteiger partial charge in [-0.2, -0.15) is 10.2 Å². The molecule has 1 aliphatic carbocycles. The number of halogens is 1. The number of nitrogens with zero attached hydrogens (tertiary/aromatic N) is 3. The van der Waals surface area contributed by atoms with E-state index in [0.717, 1.165) is 58.4 Å². The van der Waals surface area contributed by atoms with Crippen molar-refractivity contribution in [2.75, 3.05) is 0 Å². The van der Waals surface area contributed by atoms with Gasteiger partial charge in [-0.25, -0.2) is 0 Å². The van der Waals surface area contributed by atoms with Crippen molar-refractivity contribution in [1.29, 1.82) is 0 Å². The Labute approximate surface area is 138 Å². The summed E-state index contributed by atoms with van der Waals surface area (Å²) >= 11 is 3.43. The Hall–Kier alpha value is -1.75. The molecule has 0 bridgehead atoms. The lowest BCUT2D eigenvalue weighted by molar-refractivity contribution is 0.314. The summed E-state index contributed by atoms with van der Waals surface area (Å²) < 4.78 is 1.03. The van der Waals surface area contributed by atoms with Crippen molar-refractivity contribution in [2.45, 2.75) is 32.6 Å². The quantitative estimate of drug-likeness (QED) is 0.650. The standard InChI is InChI=1S/C17H18BrN3O/c1-2-3-11-8-16-14(17(9-11)21-22)10-15(19-20-16)12-4-6-13(18)7-5-12/h4-7,10-11,22H,2-3,8-9H2,1H3/b21-17-/t11-/m0/s1. The van der Waals surface area contributed by atoms with E-state index in [0.29, 0.717) is 5.92 Å². The Morgan fingerprint density at radius 2 is 2.00 bits per heavy atom. The molecular formula is C17H18BrN3O. The fourth-order valence-electron chi connectivity index (χ4n) is 3.02. The molecule has 1 aromatic heterocycles. The van der Waals surface area contributed by atoms with Gasteiger partial charge in [0.25, 0.3) is 0 Å². The minimum Gasteiger partial charge on any atom is -0.411 e. The van der Waals surface area contributed by atoms with Crippen LogP contribution in [0, 0.1) is 5.92 Å². The third-order valence-electron chi connectivity index (χ3n) is 4.10. The van der Waals surface area contributed by atoms with Gasteiger partial charge in [0.15, 0.2) is 0 Å². The van der Waals surface area contributed by atoms with Gasteiger partial charge >= 0.3 is 0 Å². The van der Waals surface area contributed by atoms with Crippen LogP contribution in [0.2, 0.25) is 0 Å². The summed E-state index contributed by atoms with van der Waals surface area (Å²) in [6.45, 7) is 2.17. The van der Waals surface area contributed by atoms with E-state index in [-0.39, 0.29) is 0 Å². The molecule has 0 fully saturated rings. The minimum atomic E-state index is 0.497. The smallest absolute Gasteiger partial charge is 0.0936 e. The molecule has 1 atom stereocenters. The highest BCUT2D eigenvalue weighted by molar-refractivity contribution is 9.10. The SMILES string of the molecule is CCC[C@@H]1C/C(=N/O)c2cc(-c3ccc(Br)cc3)nnc2C1. The van der Waals surface area contributed by atoms with Crippen LogP contribution in [0.5, 0.6) is 0 Å². The number of rotatable bonds is 3. The number of aromatic nitrogens is 2. The monoisotopic (exact) mass is 359 g/mol.